The van der Waals surface area contributed by atoms with Gasteiger partial charge in [0.05, 0.1) is 0 Å². The van der Waals surface area contributed by atoms with Crippen molar-refractivity contribution in [3.05, 3.63) is 57.6 Å². The van der Waals surface area contributed by atoms with Gasteiger partial charge in [0.2, 0.25) is 4.58 Å². The van der Waals surface area contributed by atoms with Crippen LogP contribution in [-0.2, 0) is 0 Å². The molecule has 0 aliphatic heterocycles. The minimum Gasteiger partial charge on any atom is -0.302 e. The Balaban J connectivity index is 2.82. The average Bonchev–Trinajstić information content (AvgIpc) is 2.43. The van der Waals surface area contributed by atoms with Gasteiger partial charge in [-0.3, -0.25) is 0 Å². The van der Waals surface area contributed by atoms with E-state index < -0.39 is 11.7 Å². The Hall–Kier alpha value is -0.0401. The summed E-state index contributed by atoms with van der Waals surface area (Å²) in [5.41, 5.74) is 11.5. The molecule has 0 N–H and O–H groups in total. The van der Waals surface area contributed by atoms with Crippen molar-refractivity contribution in [2.24, 2.45) is 0 Å². The number of benzene rings is 2. The number of aryl methyl sites for hydroxylation is 6. The molecular weight excluding hydrogens is 465 g/mol. The van der Waals surface area contributed by atoms with Crippen LogP contribution in [0.25, 0.3) is 0 Å². The fourth-order valence-corrected chi connectivity index (χ4v) is 10.8. The van der Waals surface area contributed by atoms with Crippen LogP contribution in [0.15, 0.2) is 24.3 Å². The fraction of sp³-hybridized carbons (Fsp3) is 0.429. The summed E-state index contributed by atoms with van der Waals surface area (Å²) in [7, 11) is -1.27. The van der Waals surface area contributed by atoms with Crippen LogP contribution >= 0.6 is 38.7 Å². The third kappa shape index (κ3) is 3.89. The highest BCUT2D eigenvalue weighted by molar-refractivity contribution is 9.39. The van der Waals surface area contributed by atoms with E-state index in [1.54, 1.807) is 0 Å². The molecule has 0 aliphatic carbocycles. The Morgan fingerprint density at radius 2 is 1.08 bits per heavy atom. The zero-order valence-corrected chi connectivity index (χ0v) is 21.7. The van der Waals surface area contributed by atoms with Crippen LogP contribution in [0, 0.1) is 41.5 Å². The molecule has 0 bridgehead atoms. The van der Waals surface area contributed by atoms with Crippen LogP contribution < -0.4 is 10.9 Å². The maximum Gasteiger partial charge on any atom is 0.240 e. The van der Waals surface area contributed by atoms with Gasteiger partial charge in [-0.15, -0.1) is 7.14 Å². The smallest absolute Gasteiger partial charge is 0.240 e. The first-order valence-electron chi connectivity index (χ1n) is 9.26. The van der Waals surface area contributed by atoms with Crippen molar-refractivity contribution in [3.8, 4) is 0 Å². The van der Waals surface area contributed by atoms with E-state index in [1.807, 2.05) is 0 Å². The Morgan fingerprint density at radius 3 is 1.42 bits per heavy atom. The van der Waals surface area contributed by atoms with Crippen molar-refractivity contribution in [3.63, 3.8) is 0 Å². The van der Waals surface area contributed by atoms with Gasteiger partial charge >= 0.3 is 0 Å². The topological polar surface area (TPSA) is 0 Å². The molecule has 0 amide bonds. The van der Waals surface area contributed by atoms with Gasteiger partial charge in [-0.25, -0.2) is 0 Å². The molecule has 26 heavy (non-hydrogen) atoms. The van der Waals surface area contributed by atoms with Crippen molar-refractivity contribution in [1.82, 2.24) is 0 Å². The third-order valence-electron chi connectivity index (χ3n) is 5.67. The van der Waals surface area contributed by atoms with E-state index in [0.29, 0.717) is 0 Å². The molecule has 0 aliphatic rings. The monoisotopic (exact) mass is 494 g/mol. The molecule has 2 aromatic carbocycles. The van der Waals surface area contributed by atoms with E-state index in [4.69, 9.17) is 0 Å². The van der Waals surface area contributed by atoms with E-state index in [-0.39, 0.29) is 5.43 Å². The molecular formula is C21H31B2Br2P. The van der Waals surface area contributed by atoms with Crippen molar-refractivity contribution in [2.45, 2.75) is 41.5 Å². The maximum atomic E-state index is 4.39. The zero-order chi connectivity index (χ0) is 20.0. The van der Waals surface area contributed by atoms with Gasteiger partial charge in [0.1, 0.15) is 0 Å². The van der Waals surface area contributed by atoms with Gasteiger partial charge in [0, 0.05) is 20.0 Å². The first-order chi connectivity index (χ1) is 11.8. The molecule has 0 fully saturated rings. The molecule has 140 valence electrons. The lowest BCUT2D eigenvalue weighted by Gasteiger charge is -2.46. The Labute approximate surface area is 178 Å². The van der Waals surface area contributed by atoms with E-state index in [0.717, 1.165) is 0 Å². The van der Waals surface area contributed by atoms with Gasteiger partial charge < -0.3 is 15.8 Å². The second-order valence-corrected chi connectivity index (χ2v) is 17.1. The molecule has 2 rings (SSSR count). The molecule has 0 radical (unpaired) electrons. The fourth-order valence-electron chi connectivity index (χ4n) is 4.60. The molecule has 5 heteroatoms. The summed E-state index contributed by atoms with van der Waals surface area (Å²) in [5, 5.41) is 0. The molecule has 0 aromatic heterocycles. The largest absolute Gasteiger partial charge is 0.302 e. The Kier molecular flexibility index (Phi) is 6.64. The van der Waals surface area contributed by atoms with Crippen molar-refractivity contribution in [1.29, 1.82) is 0 Å². The summed E-state index contributed by atoms with van der Waals surface area (Å²) >= 11 is 8.60. The number of hydrogen-bond acceptors (Lipinski definition) is 0. The van der Waals surface area contributed by atoms with Crippen molar-refractivity contribution < 1.29 is 0 Å². The molecule has 0 nitrogen and oxygen atoms in total. The highest BCUT2D eigenvalue weighted by Gasteiger charge is 2.51. The van der Waals surface area contributed by atoms with Crippen LogP contribution in [0.5, 0.6) is 0 Å². The molecule has 0 saturated heterocycles. The van der Waals surface area contributed by atoms with Gasteiger partial charge in [0.25, 0.3) is 0 Å². The van der Waals surface area contributed by atoms with Crippen molar-refractivity contribution >= 4 is 59.6 Å². The second kappa shape index (κ2) is 7.76. The predicted octanol–water partition coefficient (Wildman–Crippen LogP) is 5.86. The predicted molar refractivity (Wildman–Crippen MR) is 135 cm³/mol. The van der Waals surface area contributed by atoms with Crippen molar-refractivity contribution in [2.75, 3.05) is 20.0 Å². The lowest BCUT2D eigenvalue weighted by Crippen LogP contribution is -2.62. The van der Waals surface area contributed by atoms with Crippen LogP contribution in [0.3, 0.4) is 0 Å². The zero-order valence-electron chi connectivity index (χ0n) is 17.7. The van der Waals surface area contributed by atoms with Gasteiger partial charge in [-0.05, 0) is 41.5 Å². The molecule has 2 aromatic rings. The molecule has 0 unspecified atom stereocenters. The van der Waals surface area contributed by atoms with E-state index in [1.165, 1.54) is 44.3 Å². The minimum atomic E-state index is -1.27. The average molecular weight is 496 g/mol. The highest BCUT2D eigenvalue weighted by Crippen LogP contribution is 2.61. The third-order valence-corrected chi connectivity index (χ3v) is 15.5. The Morgan fingerprint density at radius 1 is 0.731 bits per heavy atom. The Bertz CT molecular complexity index is 796. The quantitative estimate of drug-likeness (QED) is 0.368. The SMILES string of the molecule is Cc1cc(C)c(B(Br)[B@@-](Br)(c2c(C)cc(C)cc2C)[P+](C)(C)C)c(C)c1. The lowest BCUT2D eigenvalue weighted by atomic mass is 9.29. The van der Waals surface area contributed by atoms with Gasteiger partial charge in [-0.2, -0.15) is 21.2 Å². The summed E-state index contributed by atoms with van der Waals surface area (Å²) in [4.78, 5) is 0. The summed E-state index contributed by atoms with van der Waals surface area (Å²) in [6.45, 7) is 20.8. The van der Waals surface area contributed by atoms with Crippen LogP contribution in [0.2, 0.25) is 0 Å². The summed E-state index contributed by atoms with van der Waals surface area (Å²) in [6, 6.07) is 9.31. The van der Waals surface area contributed by atoms with E-state index in [9.17, 15) is 0 Å². The highest BCUT2D eigenvalue weighted by atomic mass is 79.9. The number of halogens is 2. The summed E-state index contributed by atoms with van der Waals surface area (Å²) in [5.74, 6) is 0. The standard InChI is InChI=1S/C21H31B2Br2P/c1-14-10-16(3)20(17(4)11-14)22(24)23(25,26(7,8)9)21-18(5)12-15(2)13-19(21)6/h10-13H,1-9H3/t23-/m1/s1. The van der Waals surface area contributed by atoms with E-state index >= 15 is 0 Å². The molecule has 0 spiro atoms. The summed E-state index contributed by atoms with van der Waals surface area (Å²) < 4.78 is -0.976. The summed E-state index contributed by atoms with van der Waals surface area (Å²) in [6.07, 6.45) is 0. The maximum absolute atomic E-state index is 4.39. The minimum absolute atomic E-state index is 0.275. The number of hydrogen-bond donors (Lipinski definition) is 0. The van der Waals surface area contributed by atoms with Gasteiger partial charge in [0.15, 0.2) is 5.43 Å². The van der Waals surface area contributed by atoms with Gasteiger partial charge in [-0.1, -0.05) is 63.1 Å². The van der Waals surface area contributed by atoms with Crippen LogP contribution in [-0.4, -0.2) is 30.0 Å². The van der Waals surface area contributed by atoms with Crippen LogP contribution in [0.4, 0.5) is 0 Å². The molecule has 0 saturated carbocycles. The molecule has 0 heterocycles. The number of rotatable bonds is 4. The van der Waals surface area contributed by atoms with Crippen LogP contribution in [0.1, 0.15) is 33.4 Å². The normalized spacial score (nSPS) is 14.3. The lowest BCUT2D eigenvalue weighted by molar-refractivity contribution is 1.35. The molecule has 1 atom stereocenters. The first-order valence-corrected chi connectivity index (χ1v) is 14.3. The first kappa shape index (κ1) is 22.3. The van der Waals surface area contributed by atoms with E-state index in [2.05, 4.69) is 117 Å². The second-order valence-electron chi connectivity index (χ2n) is 8.92.